The number of carbonyl (C=O) groups excluding carboxylic acids is 3. The van der Waals surface area contributed by atoms with Crippen molar-refractivity contribution in [1.82, 2.24) is 10.2 Å². The second-order valence-electron chi connectivity index (χ2n) is 7.43. The van der Waals surface area contributed by atoms with Gasteiger partial charge in [-0.15, -0.1) is 0 Å². The van der Waals surface area contributed by atoms with Crippen LogP contribution in [-0.2, 0) is 10.3 Å². The van der Waals surface area contributed by atoms with Crippen LogP contribution in [0.25, 0.3) is 0 Å². The van der Waals surface area contributed by atoms with Gasteiger partial charge < -0.3 is 15.8 Å². The minimum absolute atomic E-state index is 0.00975. The van der Waals surface area contributed by atoms with Gasteiger partial charge in [0.05, 0.1) is 29.8 Å². The van der Waals surface area contributed by atoms with Crippen molar-refractivity contribution < 1.29 is 19.1 Å². The number of unbranched alkanes of at least 4 members (excludes halogenated alkanes) is 1. The molecule has 0 fully saturated rings. The molecule has 1 unspecified atom stereocenters. The Kier molecular flexibility index (Phi) is 6.84. The lowest BCUT2D eigenvalue weighted by molar-refractivity contribution is 0.0593. The summed E-state index contributed by atoms with van der Waals surface area (Å²) >= 11 is 0. The molecule has 158 valence electrons. The summed E-state index contributed by atoms with van der Waals surface area (Å²) in [4.78, 5) is 38.6. The number of ether oxygens (including phenoxy) is 1. The lowest BCUT2D eigenvalue weighted by Gasteiger charge is -2.33. The van der Waals surface area contributed by atoms with Gasteiger partial charge in [-0.05, 0) is 24.1 Å². The Morgan fingerprint density at radius 3 is 2.23 bits per heavy atom. The SMILES string of the molecule is CCCCNC(=O)OCCC(N)(CN1C(=O)c2ccccc2C1=O)c1ccccc1. The third-order valence-corrected chi connectivity index (χ3v) is 5.25. The highest BCUT2D eigenvalue weighted by molar-refractivity contribution is 6.21. The zero-order valence-electron chi connectivity index (χ0n) is 17.1. The number of carbonyl (C=O) groups is 3. The number of hydrogen-bond donors (Lipinski definition) is 2. The number of benzene rings is 2. The molecule has 30 heavy (non-hydrogen) atoms. The van der Waals surface area contributed by atoms with Crippen molar-refractivity contribution in [3.8, 4) is 0 Å². The third-order valence-electron chi connectivity index (χ3n) is 5.25. The molecule has 0 saturated carbocycles. The minimum atomic E-state index is -1.06. The predicted molar refractivity (Wildman–Crippen MR) is 113 cm³/mol. The molecule has 2 aromatic rings. The summed E-state index contributed by atoms with van der Waals surface area (Å²) in [5.41, 5.74) is 7.17. The molecule has 0 aromatic heterocycles. The van der Waals surface area contributed by atoms with Gasteiger partial charge in [-0.1, -0.05) is 55.8 Å². The van der Waals surface area contributed by atoms with Crippen LogP contribution in [0.4, 0.5) is 4.79 Å². The van der Waals surface area contributed by atoms with Crippen molar-refractivity contribution in [3.63, 3.8) is 0 Å². The summed E-state index contributed by atoms with van der Waals surface area (Å²) in [5.74, 6) is -0.723. The Labute approximate surface area is 176 Å². The minimum Gasteiger partial charge on any atom is -0.449 e. The van der Waals surface area contributed by atoms with Crippen molar-refractivity contribution in [1.29, 1.82) is 0 Å². The van der Waals surface area contributed by atoms with E-state index < -0.39 is 11.6 Å². The maximum atomic E-state index is 12.8. The fourth-order valence-electron chi connectivity index (χ4n) is 3.49. The molecule has 7 heteroatoms. The zero-order chi connectivity index (χ0) is 21.6. The van der Waals surface area contributed by atoms with Gasteiger partial charge in [-0.2, -0.15) is 0 Å². The number of hydrogen-bond acceptors (Lipinski definition) is 5. The number of nitrogens with zero attached hydrogens (tertiary/aromatic N) is 1. The van der Waals surface area contributed by atoms with Crippen LogP contribution in [0.2, 0.25) is 0 Å². The quantitative estimate of drug-likeness (QED) is 0.490. The molecule has 1 atom stereocenters. The molecule has 0 aliphatic carbocycles. The first kappa shape index (κ1) is 21.5. The van der Waals surface area contributed by atoms with E-state index in [0.29, 0.717) is 17.7 Å². The van der Waals surface area contributed by atoms with E-state index in [9.17, 15) is 14.4 Å². The number of alkyl carbamates (subject to hydrolysis) is 1. The Balaban J connectivity index is 1.73. The Morgan fingerprint density at radius 1 is 1.03 bits per heavy atom. The number of nitrogens with one attached hydrogen (secondary N) is 1. The van der Waals surface area contributed by atoms with Crippen LogP contribution >= 0.6 is 0 Å². The van der Waals surface area contributed by atoms with E-state index in [4.69, 9.17) is 10.5 Å². The van der Waals surface area contributed by atoms with Crippen molar-refractivity contribution >= 4 is 17.9 Å². The first-order valence-electron chi connectivity index (χ1n) is 10.2. The second-order valence-corrected chi connectivity index (χ2v) is 7.43. The summed E-state index contributed by atoms with van der Waals surface area (Å²) in [6.07, 6.45) is 1.60. The highest BCUT2D eigenvalue weighted by Crippen LogP contribution is 2.29. The van der Waals surface area contributed by atoms with Crippen LogP contribution in [-0.4, -0.2) is 42.5 Å². The van der Waals surface area contributed by atoms with E-state index in [0.717, 1.165) is 18.4 Å². The average Bonchev–Trinajstić information content (AvgIpc) is 2.99. The molecule has 1 aliphatic heterocycles. The van der Waals surface area contributed by atoms with Crippen LogP contribution in [0, 0.1) is 0 Å². The summed E-state index contributed by atoms with van der Waals surface area (Å²) < 4.78 is 5.27. The molecule has 2 aromatic carbocycles. The summed E-state index contributed by atoms with van der Waals surface area (Å²) in [5, 5.41) is 2.69. The normalized spacial score (nSPS) is 14.9. The average molecular weight is 409 g/mol. The Morgan fingerprint density at radius 2 is 1.63 bits per heavy atom. The molecule has 3 amide bonds. The fourth-order valence-corrected chi connectivity index (χ4v) is 3.49. The molecule has 7 nitrogen and oxygen atoms in total. The molecule has 0 spiro atoms. The molecule has 0 radical (unpaired) electrons. The van der Waals surface area contributed by atoms with Crippen LogP contribution in [0.1, 0.15) is 52.5 Å². The first-order chi connectivity index (χ1) is 14.5. The molecule has 3 rings (SSSR count). The van der Waals surface area contributed by atoms with Gasteiger partial charge in [0.2, 0.25) is 0 Å². The molecular formula is C23H27N3O4. The van der Waals surface area contributed by atoms with Crippen molar-refractivity contribution in [2.24, 2.45) is 5.73 Å². The zero-order valence-corrected chi connectivity index (χ0v) is 17.1. The van der Waals surface area contributed by atoms with Gasteiger partial charge in [0.15, 0.2) is 0 Å². The van der Waals surface area contributed by atoms with Crippen LogP contribution in [0.5, 0.6) is 0 Å². The number of imide groups is 1. The third kappa shape index (κ3) is 4.68. The maximum Gasteiger partial charge on any atom is 0.407 e. The molecule has 0 bridgehead atoms. The second kappa shape index (κ2) is 9.54. The molecule has 0 saturated heterocycles. The monoisotopic (exact) mass is 409 g/mol. The maximum absolute atomic E-state index is 12.8. The molecule has 1 aliphatic rings. The van der Waals surface area contributed by atoms with Crippen LogP contribution < -0.4 is 11.1 Å². The van der Waals surface area contributed by atoms with Gasteiger partial charge >= 0.3 is 6.09 Å². The summed E-state index contributed by atoms with van der Waals surface area (Å²) in [6.45, 7) is 2.64. The summed E-state index contributed by atoms with van der Waals surface area (Å²) in [7, 11) is 0. The molecule has 1 heterocycles. The predicted octanol–water partition coefficient (Wildman–Crippen LogP) is 3.05. The molecule has 3 N–H and O–H groups in total. The first-order valence-corrected chi connectivity index (χ1v) is 10.2. The van der Waals surface area contributed by atoms with E-state index >= 15 is 0 Å². The largest absolute Gasteiger partial charge is 0.449 e. The van der Waals surface area contributed by atoms with Crippen molar-refractivity contribution in [3.05, 3.63) is 71.3 Å². The van der Waals surface area contributed by atoms with E-state index in [1.165, 1.54) is 4.90 Å². The van der Waals surface area contributed by atoms with Crippen LogP contribution in [0.3, 0.4) is 0 Å². The highest BCUT2D eigenvalue weighted by Gasteiger charge is 2.40. The van der Waals surface area contributed by atoms with Gasteiger partial charge in [-0.3, -0.25) is 14.5 Å². The van der Waals surface area contributed by atoms with E-state index in [2.05, 4.69) is 5.32 Å². The van der Waals surface area contributed by atoms with E-state index in [1.807, 2.05) is 37.3 Å². The lowest BCUT2D eigenvalue weighted by Crippen LogP contribution is -2.50. The smallest absolute Gasteiger partial charge is 0.407 e. The number of rotatable bonds is 9. The van der Waals surface area contributed by atoms with E-state index in [-0.39, 0.29) is 31.4 Å². The lowest BCUT2D eigenvalue weighted by atomic mass is 9.87. The number of amides is 3. The van der Waals surface area contributed by atoms with Crippen LogP contribution in [0.15, 0.2) is 54.6 Å². The Hall–Kier alpha value is -3.19. The summed E-state index contributed by atoms with van der Waals surface area (Å²) in [6, 6.07) is 16.0. The topological polar surface area (TPSA) is 102 Å². The Bertz CT molecular complexity index is 881. The van der Waals surface area contributed by atoms with Gasteiger partial charge in [0.1, 0.15) is 0 Å². The van der Waals surface area contributed by atoms with Gasteiger partial charge in [0.25, 0.3) is 11.8 Å². The van der Waals surface area contributed by atoms with Crippen molar-refractivity contribution in [2.75, 3.05) is 19.7 Å². The highest BCUT2D eigenvalue weighted by atomic mass is 16.5. The number of nitrogens with two attached hydrogens (primary N) is 1. The van der Waals surface area contributed by atoms with Gasteiger partial charge in [-0.25, -0.2) is 4.79 Å². The number of fused-ring (bicyclic) bond motifs is 1. The van der Waals surface area contributed by atoms with Gasteiger partial charge in [0, 0.05) is 13.0 Å². The molecular weight excluding hydrogens is 382 g/mol. The van der Waals surface area contributed by atoms with Crippen molar-refractivity contribution in [2.45, 2.75) is 31.7 Å². The van der Waals surface area contributed by atoms with E-state index in [1.54, 1.807) is 24.3 Å². The fraction of sp³-hybridized carbons (Fsp3) is 0.348. The standard InChI is InChI=1S/C23H27N3O4/c1-2-3-14-25-22(29)30-15-13-23(24,17-9-5-4-6-10-17)16-26-20(27)18-11-7-8-12-19(18)21(26)28/h4-12H,2-3,13-16,24H2,1H3,(H,25,29).